The van der Waals surface area contributed by atoms with Gasteiger partial charge < -0.3 is 18.1 Å². The molecule has 1 fully saturated rings. The van der Waals surface area contributed by atoms with Crippen LogP contribution in [-0.2, 0) is 9.31 Å². The molecule has 0 bridgehead atoms. The maximum atomic E-state index is 6.65. The van der Waals surface area contributed by atoms with Gasteiger partial charge in [-0.05, 0) is 96.8 Å². The molecule has 0 radical (unpaired) electrons. The van der Waals surface area contributed by atoms with E-state index in [-0.39, 0.29) is 0 Å². The van der Waals surface area contributed by atoms with Crippen LogP contribution in [0.4, 0.5) is 0 Å². The Labute approximate surface area is 248 Å². The van der Waals surface area contributed by atoms with Crippen molar-refractivity contribution in [2.45, 2.75) is 38.9 Å². The predicted molar refractivity (Wildman–Crippen MR) is 177 cm³/mol. The second-order valence-corrected chi connectivity index (χ2v) is 12.8. The average molecular weight is 560 g/mol. The topological polar surface area (TPSA) is 44.7 Å². The molecule has 9 rings (SSSR count). The summed E-state index contributed by atoms with van der Waals surface area (Å²) in [6, 6.07) is 36.2. The molecule has 0 unspecified atom stereocenters. The zero-order valence-electron chi connectivity index (χ0n) is 24.5. The minimum absolute atomic E-state index is 0.464. The van der Waals surface area contributed by atoms with Crippen LogP contribution in [0.1, 0.15) is 27.7 Å². The van der Waals surface area contributed by atoms with Gasteiger partial charge >= 0.3 is 7.12 Å². The van der Waals surface area contributed by atoms with E-state index in [9.17, 15) is 0 Å². The molecule has 0 amide bonds. The molecule has 43 heavy (non-hydrogen) atoms. The molecular weight excluding hydrogens is 531 g/mol. The first-order valence-corrected chi connectivity index (χ1v) is 14.9. The van der Waals surface area contributed by atoms with Crippen LogP contribution in [-0.4, -0.2) is 18.3 Å². The summed E-state index contributed by atoms with van der Waals surface area (Å²) in [5, 5.41) is 8.94. The van der Waals surface area contributed by atoms with Crippen LogP contribution in [0.25, 0.3) is 76.5 Å². The van der Waals surface area contributed by atoms with E-state index in [2.05, 4.69) is 119 Å². The van der Waals surface area contributed by atoms with Gasteiger partial charge in [0.15, 0.2) is 0 Å². The molecule has 0 saturated carbocycles. The molecule has 1 aliphatic heterocycles. The van der Waals surface area contributed by atoms with Crippen LogP contribution in [0, 0.1) is 0 Å². The van der Waals surface area contributed by atoms with Crippen LogP contribution < -0.4 is 5.46 Å². The lowest BCUT2D eigenvalue weighted by Gasteiger charge is -2.32. The highest BCUT2D eigenvalue weighted by atomic mass is 16.7. The van der Waals surface area contributed by atoms with Crippen molar-refractivity contribution >= 4 is 78.0 Å². The molecule has 2 aromatic heterocycles. The highest BCUT2D eigenvalue weighted by Gasteiger charge is 2.52. The van der Waals surface area contributed by atoms with Crippen molar-refractivity contribution in [3.63, 3.8) is 0 Å². The molecule has 6 aromatic carbocycles. The minimum atomic E-state index is -0.530. The second-order valence-electron chi connectivity index (χ2n) is 12.8. The summed E-state index contributed by atoms with van der Waals surface area (Å²) in [7, 11) is -0.530. The first kappa shape index (κ1) is 25.0. The number of hydrogen-bond acceptors (Lipinski definition) is 4. The van der Waals surface area contributed by atoms with E-state index in [4.69, 9.17) is 18.1 Å². The van der Waals surface area contributed by atoms with Gasteiger partial charge in [0.25, 0.3) is 0 Å². The Morgan fingerprint density at radius 2 is 1.14 bits per heavy atom. The third-order valence-electron chi connectivity index (χ3n) is 9.71. The molecule has 1 saturated heterocycles. The van der Waals surface area contributed by atoms with E-state index < -0.39 is 18.3 Å². The SMILES string of the molecule is CC1(C)OB(c2cc3oc4c5ccccc5ccc4c3c3ccc(-c4ccc5oc6ccccc6c5c4)cc23)OC1(C)C. The fourth-order valence-corrected chi connectivity index (χ4v) is 6.69. The van der Waals surface area contributed by atoms with Crippen LogP contribution in [0.2, 0.25) is 0 Å². The second kappa shape index (κ2) is 8.50. The number of rotatable bonds is 2. The van der Waals surface area contributed by atoms with Gasteiger partial charge in [-0.2, -0.15) is 0 Å². The van der Waals surface area contributed by atoms with E-state index >= 15 is 0 Å². The zero-order valence-corrected chi connectivity index (χ0v) is 24.5. The summed E-state index contributed by atoms with van der Waals surface area (Å²) >= 11 is 0. The molecule has 0 spiro atoms. The number of hydrogen-bond donors (Lipinski definition) is 0. The molecule has 0 N–H and O–H groups in total. The molecule has 0 atom stereocenters. The van der Waals surface area contributed by atoms with Crippen molar-refractivity contribution in [1.29, 1.82) is 0 Å². The summed E-state index contributed by atoms with van der Waals surface area (Å²) in [6.45, 7) is 8.38. The molecule has 5 heteroatoms. The lowest BCUT2D eigenvalue weighted by atomic mass is 9.75. The summed E-state index contributed by atoms with van der Waals surface area (Å²) in [6.07, 6.45) is 0. The molecule has 8 aromatic rings. The van der Waals surface area contributed by atoms with Gasteiger partial charge in [-0.25, -0.2) is 0 Å². The Balaban J connectivity index is 1.32. The standard InChI is InChI=1S/C38H29BO4/c1-37(2)38(3,4)43-39(42-37)31-21-34-35(28-17-13-22-9-5-6-10-25(22)36(28)41-34)27-16-14-23(19-29(27)31)24-15-18-33-30(20-24)26-11-7-8-12-32(26)40-33/h5-21H,1-4H3. The van der Waals surface area contributed by atoms with Crippen molar-refractivity contribution < 1.29 is 18.1 Å². The maximum Gasteiger partial charge on any atom is 0.495 e. The number of para-hydroxylation sites is 1. The molecule has 1 aliphatic rings. The Hall–Kier alpha value is -4.58. The number of benzene rings is 6. The minimum Gasteiger partial charge on any atom is -0.456 e. The smallest absolute Gasteiger partial charge is 0.456 e. The first-order valence-electron chi connectivity index (χ1n) is 14.9. The van der Waals surface area contributed by atoms with E-state index in [1.165, 1.54) is 0 Å². The van der Waals surface area contributed by atoms with Gasteiger partial charge in [0, 0.05) is 26.9 Å². The highest BCUT2D eigenvalue weighted by Crippen LogP contribution is 2.42. The van der Waals surface area contributed by atoms with Crippen LogP contribution in [0.3, 0.4) is 0 Å². The van der Waals surface area contributed by atoms with Crippen LogP contribution in [0.15, 0.2) is 112 Å². The van der Waals surface area contributed by atoms with E-state index in [0.29, 0.717) is 0 Å². The van der Waals surface area contributed by atoms with Crippen molar-refractivity contribution in [3.05, 3.63) is 103 Å². The molecule has 0 aliphatic carbocycles. The van der Waals surface area contributed by atoms with Gasteiger partial charge in [0.2, 0.25) is 0 Å². The van der Waals surface area contributed by atoms with E-state index in [0.717, 1.165) is 82.0 Å². The third-order valence-corrected chi connectivity index (χ3v) is 9.71. The zero-order chi connectivity index (χ0) is 29.1. The first-order chi connectivity index (χ1) is 20.8. The quantitative estimate of drug-likeness (QED) is 0.198. The highest BCUT2D eigenvalue weighted by molar-refractivity contribution is 6.66. The largest absolute Gasteiger partial charge is 0.495 e. The van der Waals surface area contributed by atoms with Crippen molar-refractivity contribution in [2.75, 3.05) is 0 Å². The summed E-state index contributed by atoms with van der Waals surface area (Å²) < 4.78 is 26.0. The lowest BCUT2D eigenvalue weighted by molar-refractivity contribution is 0.00578. The number of furan rings is 2. The lowest BCUT2D eigenvalue weighted by Crippen LogP contribution is -2.41. The van der Waals surface area contributed by atoms with Gasteiger partial charge in [-0.1, -0.05) is 66.7 Å². The Morgan fingerprint density at radius 3 is 1.95 bits per heavy atom. The fourth-order valence-electron chi connectivity index (χ4n) is 6.69. The van der Waals surface area contributed by atoms with Gasteiger partial charge in [-0.3, -0.25) is 0 Å². The summed E-state index contributed by atoms with van der Waals surface area (Å²) in [5.41, 5.74) is 5.83. The van der Waals surface area contributed by atoms with Crippen LogP contribution in [0.5, 0.6) is 0 Å². The van der Waals surface area contributed by atoms with Crippen molar-refractivity contribution in [3.8, 4) is 11.1 Å². The summed E-state index contributed by atoms with van der Waals surface area (Å²) in [4.78, 5) is 0. The summed E-state index contributed by atoms with van der Waals surface area (Å²) in [5.74, 6) is 0. The average Bonchev–Trinajstić information content (AvgIpc) is 3.64. The maximum absolute atomic E-state index is 6.65. The number of fused-ring (bicyclic) bond motifs is 10. The Kier molecular flexibility index (Phi) is 4.94. The Bertz CT molecular complexity index is 2410. The van der Waals surface area contributed by atoms with Crippen LogP contribution >= 0.6 is 0 Å². The predicted octanol–water partition coefficient (Wildman–Crippen LogP) is 9.76. The molecule has 208 valence electrons. The molecule has 3 heterocycles. The van der Waals surface area contributed by atoms with Crippen molar-refractivity contribution in [2.24, 2.45) is 0 Å². The van der Waals surface area contributed by atoms with Gasteiger partial charge in [0.1, 0.15) is 22.3 Å². The Morgan fingerprint density at radius 1 is 0.488 bits per heavy atom. The van der Waals surface area contributed by atoms with E-state index in [1.807, 2.05) is 12.1 Å². The van der Waals surface area contributed by atoms with Gasteiger partial charge in [0.05, 0.1) is 11.2 Å². The van der Waals surface area contributed by atoms with Crippen molar-refractivity contribution in [1.82, 2.24) is 0 Å². The third kappa shape index (κ3) is 3.53. The monoisotopic (exact) mass is 560 g/mol. The normalized spacial score (nSPS) is 16.5. The molecular formula is C38H29BO4. The van der Waals surface area contributed by atoms with Gasteiger partial charge in [-0.15, -0.1) is 0 Å². The fraction of sp³-hybridized carbons (Fsp3) is 0.158. The molecule has 4 nitrogen and oxygen atoms in total. The van der Waals surface area contributed by atoms with E-state index in [1.54, 1.807) is 0 Å².